The SMILES string of the molecule is CCCOc1cc(Nc2ccc(C)c(Cl)c2)ccc1N. The number of nitrogens with one attached hydrogen (secondary N) is 1. The van der Waals surface area contributed by atoms with E-state index >= 15 is 0 Å². The van der Waals surface area contributed by atoms with Crippen LogP contribution in [0.15, 0.2) is 36.4 Å². The highest BCUT2D eigenvalue weighted by molar-refractivity contribution is 6.31. The van der Waals surface area contributed by atoms with Crippen molar-refractivity contribution in [1.82, 2.24) is 0 Å². The first-order valence-electron chi connectivity index (χ1n) is 6.65. The largest absolute Gasteiger partial charge is 0.491 e. The monoisotopic (exact) mass is 290 g/mol. The number of rotatable bonds is 5. The smallest absolute Gasteiger partial charge is 0.144 e. The van der Waals surface area contributed by atoms with E-state index in [0.29, 0.717) is 18.0 Å². The van der Waals surface area contributed by atoms with Gasteiger partial charge in [0.1, 0.15) is 5.75 Å². The molecule has 0 aliphatic heterocycles. The van der Waals surface area contributed by atoms with E-state index in [-0.39, 0.29) is 0 Å². The Hall–Kier alpha value is -1.87. The minimum atomic E-state index is 0.644. The Kier molecular flexibility index (Phi) is 4.74. The van der Waals surface area contributed by atoms with E-state index in [0.717, 1.165) is 28.4 Å². The van der Waals surface area contributed by atoms with Gasteiger partial charge in [-0.25, -0.2) is 0 Å². The molecule has 3 nitrogen and oxygen atoms in total. The summed E-state index contributed by atoms with van der Waals surface area (Å²) >= 11 is 6.12. The molecule has 0 saturated carbocycles. The number of ether oxygens (including phenoxy) is 1. The quantitative estimate of drug-likeness (QED) is 0.780. The van der Waals surface area contributed by atoms with E-state index in [1.165, 1.54) is 0 Å². The number of halogens is 1. The Morgan fingerprint density at radius 2 is 1.85 bits per heavy atom. The second-order valence-electron chi connectivity index (χ2n) is 4.69. The lowest BCUT2D eigenvalue weighted by Crippen LogP contribution is -2.00. The van der Waals surface area contributed by atoms with Crippen molar-refractivity contribution in [1.29, 1.82) is 0 Å². The maximum atomic E-state index is 6.12. The van der Waals surface area contributed by atoms with Crippen LogP contribution in [0.5, 0.6) is 5.75 Å². The van der Waals surface area contributed by atoms with Gasteiger partial charge in [-0.05, 0) is 43.2 Å². The molecule has 4 heteroatoms. The van der Waals surface area contributed by atoms with Crippen LogP contribution in [0, 0.1) is 6.92 Å². The fourth-order valence-corrected chi connectivity index (χ4v) is 1.97. The highest BCUT2D eigenvalue weighted by Gasteiger charge is 2.04. The van der Waals surface area contributed by atoms with Crippen LogP contribution >= 0.6 is 11.6 Å². The number of anilines is 3. The molecule has 3 N–H and O–H groups in total. The molecule has 2 aromatic rings. The topological polar surface area (TPSA) is 47.3 Å². The van der Waals surface area contributed by atoms with Gasteiger partial charge in [-0.15, -0.1) is 0 Å². The lowest BCUT2D eigenvalue weighted by Gasteiger charge is -2.12. The number of hydrogen-bond donors (Lipinski definition) is 2. The summed E-state index contributed by atoms with van der Waals surface area (Å²) in [6.45, 7) is 4.70. The van der Waals surface area contributed by atoms with Gasteiger partial charge in [0, 0.05) is 22.5 Å². The zero-order valence-electron chi connectivity index (χ0n) is 11.7. The molecule has 0 spiro atoms. The van der Waals surface area contributed by atoms with Crippen LogP contribution in [0.4, 0.5) is 17.1 Å². The van der Waals surface area contributed by atoms with Gasteiger partial charge >= 0.3 is 0 Å². The Morgan fingerprint density at radius 1 is 1.15 bits per heavy atom. The van der Waals surface area contributed by atoms with Crippen molar-refractivity contribution in [2.45, 2.75) is 20.3 Å². The zero-order valence-corrected chi connectivity index (χ0v) is 12.5. The zero-order chi connectivity index (χ0) is 14.5. The van der Waals surface area contributed by atoms with Gasteiger partial charge in [0.05, 0.1) is 12.3 Å². The van der Waals surface area contributed by atoms with E-state index < -0.39 is 0 Å². The first kappa shape index (κ1) is 14.5. The van der Waals surface area contributed by atoms with Crippen LogP contribution in [0.2, 0.25) is 5.02 Å². The molecule has 0 heterocycles. The average Bonchev–Trinajstić information content (AvgIpc) is 2.43. The molecular formula is C16H19ClN2O. The molecule has 0 aliphatic carbocycles. The molecule has 2 aromatic carbocycles. The van der Waals surface area contributed by atoms with Crippen molar-refractivity contribution in [3.63, 3.8) is 0 Å². The highest BCUT2D eigenvalue weighted by atomic mass is 35.5. The molecule has 0 aliphatic rings. The third kappa shape index (κ3) is 3.58. The molecule has 106 valence electrons. The van der Waals surface area contributed by atoms with Gasteiger partial charge in [-0.1, -0.05) is 24.6 Å². The third-order valence-corrected chi connectivity index (χ3v) is 3.34. The first-order valence-corrected chi connectivity index (χ1v) is 7.03. The fraction of sp³-hybridized carbons (Fsp3) is 0.250. The van der Waals surface area contributed by atoms with Gasteiger partial charge in [0.15, 0.2) is 0 Å². The molecule has 2 rings (SSSR count). The third-order valence-electron chi connectivity index (χ3n) is 2.94. The molecule has 0 unspecified atom stereocenters. The van der Waals surface area contributed by atoms with E-state index in [1.54, 1.807) is 0 Å². The van der Waals surface area contributed by atoms with Gasteiger partial charge in [0.2, 0.25) is 0 Å². The van der Waals surface area contributed by atoms with E-state index in [9.17, 15) is 0 Å². The Balaban J connectivity index is 2.18. The van der Waals surface area contributed by atoms with Crippen LogP contribution in [-0.4, -0.2) is 6.61 Å². The molecular weight excluding hydrogens is 272 g/mol. The highest BCUT2D eigenvalue weighted by Crippen LogP contribution is 2.29. The maximum Gasteiger partial charge on any atom is 0.144 e. The summed E-state index contributed by atoms with van der Waals surface area (Å²) in [5.74, 6) is 0.704. The van der Waals surface area contributed by atoms with Crippen molar-refractivity contribution in [3.05, 3.63) is 47.0 Å². The Labute approximate surface area is 124 Å². The molecule has 0 amide bonds. The molecule has 0 radical (unpaired) electrons. The molecule has 0 aromatic heterocycles. The summed E-state index contributed by atoms with van der Waals surface area (Å²) in [7, 11) is 0. The summed E-state index contributed by atoms with van der Waals surface area (Å²) in [4.78, 5) is 0. The molecule has 0 atom stereocenters. The van der Waals surface area contributed by atoms with E-state index in [1.807, 2.05) is 43.3 Å². The van der Waals surface area contributed by atoms with Crippen LogP contribution in [0.3, 0.4) is 0 Å². The van der Waals surface area contributed by atoms with Crippen LogP contribution in [0.25, 0.3) is 0 Å². The Bertz CT molecular complexity index is 599. The molecule has 0 fully saturated rings. The van der Waals surface area contributed by atoms with Gasteiger partial charge in [-0.3, -0.25) is 0 Å². The van der Waals surface area contributed by atoms with Crippen molar-refractivity contribution < 1.29 is 4.74 Å². The standard InChI is InChI=1S/C16H19ClN2O/c1-3-8-20-16-10-13(6-7-15(16)18)19-12-5-4-11(2)14(17)9-12/h4-7,9-10,19H,3,8,18H2,1-2H3. The minimum absolute atomic E-state index is 0.644. The molecule has 20 heavy (non-hydrogen) atoms. The summed E-state index contributed by atoms with van der Waals surface area (Å²) in [6, 6.07) is 11.5. The number of nitrogens with two attached hydrogens (primary N) is 1. The second kappa shape index (κ2) is 6.53. The summed E-state index contributed by atoms with van der Waals surface area (Å²) in [5.41, 5.74) is 9.45. The summed E-state index contributed by atoms with van der Waals surface area (Å²) in [6.07, 6.45) is 0.949. The number of nitrogen functional groups attached to an aromatic ring is 1. The Morgan fingerprint density at radius 3 is 2.55 bits per heavy atom. The summed E-state index contributed by atoms with van der Waals surface area (Å²) < 4.78 is 5.62. The number of hydrogen-bond acceptors (Lipinski definition) is 3. The van der Waals surface area contributed by atoms with E-state index in [2.05, 4.69) is 12.2 Å². The van der Waals surface area contributed by atoms with Crippen molar-refractivity contribution in [2.75, 3.05) is 17.7 Å². The van der Waals surface area contributed by atoms with Gasteiger partial charge in [0.25, 0.3) is 0 Å². The summed E-state index contributed by atoms with van der Waals surface area (Å²) in [5, 5.41) is 4.04. The van der Waals surface area contributed by atoms with Crippen LogP contribution < -0.4 is 15.8 Å². The maximum absolute atomic E-state index is 6.12. The predicted molar refractivity (Wildman–Crippen MR) is 86.1 cm³/mol. The number of benzene rings is 2. The van der Waals surface area contributed by atoms with E-state index in [4.69, 9.17) is 22.1 Å². The van der Waals surface area contributed by atoms with Crippen molar-refractivity contribution >= 4 is 28.7 Å². The second-order valence-corrected chi connectivity index (χ2v) is 5.10. The molecule has 0 saturated heterocycles. The lowest BCUT2D eigenvalue weighted by molar-refractivity contribution is 0.319. The number of aryl methyl sites for hydroxylation is 1. The van der Waals surface area contributed by atoms with Crippen molar-refractivity contribution in [2.24, 2.45) is 0 Å². The predicted octanol–water partition coefficient (Wildman–Crippen LogP) is 4.76. The average molecular weight is 291 g/mol. The van der Waals surface area contributed by atoms with Gasteiger partial charge < -0.3 is 15.8 Å². The fourth-order valence-electron chi connectivity index (χ4n) is 1.79. The van der Waals surface area contributed by atoms with Crippen molar-refractivity contribution in [3.8, 4) is 5.75 Å². The van der Waals surface area contributed by atoms with Crippen LogP contribution in [-0.2, 0) is 0 Å². The molecule has 0 bridgehead atoms. The lowest BCUT2D eigenvalue weighted by atomic mass is 10.2. The van der Waals surface area contributed by atoms with Gasteiger partial charge in [-0.2, -0.15) is 0 Å². The normalized spacial score (nSPS) is 10.3. The minimum Gasteiger partial charge on any atom is -0.491 e. The first-order chi connectivity index (χ1) is 9.60. The van der Waals surface area contributed by atoms with Crippen LogP contribution in [0.1, 0.15) is 18.9 Å².